The third-order valence-electron chi connectivity index (χ3n) is 4.09. The molecule has 0 spiro atoms. The number of ether oxygens (including phenoxy) is 1. The molecule has 0 aromatic heterocycles. The minimum atomic E-state index is -1.19. The summed E-state index contributed by atoms with van der Waals surface area (Å²) in [4.78, 5) is 48.0. The topological polar surface area (TPSA) is 117 Å². The maximum atomic E-state index is 12.4. The van der Waals surface area contributed by atoms with Gasteiger partial charge in [0, 0.05) is 19.4 Å². The van der Waals surface area contributed by atoms with Gasteiger partial charge in [-0.15, -0.1) is 0 Å². The number of anilines is 1. The van der Waals surface area contributed by atoms with E-state index in [2.05, 4.69) is 15.7 Å². The lowest BCUT2D eigenvalue weighted by atomic mass is 10.1. The molecule has 1 heterocycles. The molecule has 4 amide bonds. The second-order valence-electron chi connectivity index (χ2n) is 6.44. The first-order valence-electron chi connectivity index (χ1n) is 9.00. The number of hydrazone groups is 1. The van der Waals surface area contributed by atoms with E-state index in [9.17, 15) is 19.2 Å². The van der Waals surface area contributed by atoms with Gasteiger partial charge in [-0.25, -0.2) is 9.59 Å². The lowest BCUT2D eigenvalue weighted by Crippen LogP contribution is -2.45. The molecule has 0 saturated heterocycles. The highest BCUT2D eigenvalue weighted by Crippen LogP contribution is 2.25. The van der Waals surface area contributed by atoms with Crippen LogP contribution < -0.4 is 15.6 Å². The van der Waals surface area contributed by atoms with Crippen LogP contribution in [0.1, 0.15) is 37.8 Å². The predicted molar refractivity (Wildman–Crippen MR) is 103 cm³/mol. The van der Waals surface area contributed by atoms with E-state index in [-0.39, 0.29) is 24.5 Å². The number of benzene rings is 1. The van der Waals surface area contributed by atoms with Gasteiger partial charge in [0.15, 0.2) is 6.10 Å². The van der Waals surface area contributed by atoms with Gasteiger partial charge in [0.1, 0.15) is 5.71 Å². The molecular weight excluding hydrogens is 364 g/mol. The van der Waals surface area contributed by atoms with Crippen molar-refractivity contribution < 1.29 is 23.9 Å². The van der Waals surface area contributed by atoms with E-state index in [0.717, 1.165) is 11.1 Å². The monoisotopic (exact) mass is 388 g/mol. The zero-order chi connectivity index (χ0) is 20.8. The van der Waals surface area contributed by atoms with Crippen LogP contribution in [0.5, 0.6) is 0 Å². The molecule has 0 radical (unpaired) electrons. The van der Waals surface area contributed by atoms with Crippen LogP contribution in [0, 0.1) is 13.8 Å². The fourth-order valence-electron chi connectivity index (χ4n) is 2.54. The molecule has 0 fully saturated rings. The van der Waals surface area contributed by atoms with Crippen LogP contribution in [0.4, 0.5) is 10.5 Å². The molecule has 0 saturated carbocycles. The minimum absolute atomic E-state index is 0.0400. The molecule has 0 unspecified atom stereocenters. The van der Waals surface area contributed by atoms with Crippen molar-refractivity contribution in [2.75, 3.05) is 11.6 Å². The van der Waals surface area contributed by atoms with Gasteiger partial charge in [0.05, 0.1) is 5.69 Å². The zero-order valence-corrected chi connectivity index (χ0v) is 16.4. The van der Waals surface area contributed by atoms with Crippen molar-refractivity contribution in [2.45, 2.75) is 46.6 Å². The van der Waals surface area contributed by atoms with Crippen LogP contribution >= 0.6 is 0 Å². The Morgan fingerprint density at radius 2 is 1.96 bits per heavy atom. The Bertz CT molecular complexity index is 834. The van der Waals surface area contributed by atoms with Crippen molar-refractivity contribution in [2.24, 2.45) is 5.10 Å². The molecule has 2 N–H and O–H groups in total. The quantitative estimate of drug-likeness (QED) is 0.743. The average molecular weight is 388 g/mol. The van der Waals surface area contributed by atoms with Crippen molar-refractivity contribution in [1.29, 1.82) is 0 Å². The smallest absolute Gasteiger partial charge is 0.355 e. The Morgan fingerprint density at radius 1 is 1.25 bits per heavy atom. The normalized spacial score (nSPS) is 14.8. The summed E-state index contributed by atoms with van der Waals surface area (Å²) in [5.41, 5.74) is 2.43. The van der Waals surface area contributed by atoms with Crippen LogP contribution in [0.25, 0.3) is 0 Å². The molecular formula is C19H24N4O5. The van der Waals surface area contributed by atoms with Crippen molar-refractivity contribution in [3.8, 4) is 0 Å². The number of urea groups is 1. The van der Waals surface area contributed by atoms with E-state index < -0.39 is 24.0 Å². The van der Waals surface area contributed by atoms with Crippen LogP contribution in [0.3, 0.4) is 0 Å². The third-order valence-corrected chi connectivity index (χ3v) is 4.09. The molecule has 9 nitrogen and oxygen atoms in total. The highest BCUT2D eigenvalue weighted by molar-refractivity contribution is 6.38. The number of aryl methyl sites for hydroxylation is 2. The van der Waals surface area contributed by atoms with Crippen LogP contribution in [0.2, 0.25) is 0 Å². The first-order valence-corrected chi connectivity index (χ1v) is 9.00. The van der Waals surface area contributed by atoms with E-state index >= 15 is 0 Å². The van der Waals surface area contributed by atoms with Gasteiger partial charge in [-0.1, -0.05) is 12.1 Å². The Kier molecular flexibility index (Phi) is 6.86. The Labute approximate surface area is 163 Å². The molecule has 1 aromatic carbocycles. The van der Waals surface area contributed by atoms with E-state index in [0.29, 0.717) is 12.2 Å². The number of esters is 1. The van der Waals surface area contributed by atoms with Crippen molar-refractivity contribution in [3.63, 3.8) is 0 Å². The van der Waals surface area contributed by atoms with Crippen LogP contribution in [0.15, 0.2) is 23.3 Å². The fourth-order valence-corrected chi connectivity index (χ4v) is 2.54. The van der Waals surface area contributed by atoms with E-state index in [1.807, 2.05) is 32.0 Å². The first-order chi connectivity index (χ1) is 13.2. The maximum Gasteiger partial charge on any atom is 0.355 e. The Morgan fingerprint density at radius 3 is 2.64 bits per heavy atom. The van der Waals surface area contributed by atoms with Gasteiger partial charge >= 0.3 is 12.0 Å². The Balaban J connectivity index is 2.12. The number of nitrogens with zero attached hydrogens (tertiary/aromatic N) is 2. The second kappa shape index (κ2) is 9.12. The highest BCUT2D eigenvalue weighted by atomic mass is 16.5. The molecule has 1 aliphatic heterocycles. The summed E-state index contributed by atoms with van der Waals surface area (Å²) >= 11 is 0. The van der Waals surface area contributed by atoms with Crippen molar-refractivity contribution >= 4 is 35.2 Å². The van der Waals surface area contributed by atoms with Crippen molar-refractivity contribution in [1.82, 2.24) is 10.6 Å². The molecule has 28 heavy (non-hydrogen) atoms. The molecule has 1 atom stereocenters. The number of carbonyl (C=O) groups is 4. The summed E-state index contributed by atoms with van der Waals surface area (Å²) in [5.74, 6) is -1.79. The SMILES string of the molecule is CCNC(=O)NC(=O)[C@@H](C)OC(=O)C1=NN(c2cc(C)ccc2C)C(=O)CC1. The third kappa shape index (κ3) is 5.15. The predicted octanol–water partition coefficient (Wildman–Crippen LogP) is 1.56. The summed E-state index contributed by atoms with van der Waals surface area (Å²) < 4.78 is 5.10. The number of hydrogen-bond acceptors (Lipinski definition) is 6. The minimum Gasteiger partial charge on any atom is -0.448 e. The fraction of sp³-hybridized carbons (Fsp3) is 0.421. The number of hydrogen-bond donors (Lipinski definition) is 2. The summed E-state index contributed by atoms with van der Waals surface area (Å²) in [5, 5.41) is 9.83. The summed E-state index contributed by atoms with van der Waals surface area (Å²) in [6.07, 6.45) is -0.977. The lowest BCUT2D eigenvalue weighted by Gasteiger charge is -2.25. The summed E-state index contributed by atoms with van der Waals surface area (Å²) in [6, 6.07) is 4.93. The van der Waals surface area contributed by atoms with Gasteiger partial charge < -0.3 is 10.1 Å². The highest BCUT2D eigenvalue weighted by Gasteiger charge is 2.29. The zero-order valence-electron chi connectivity index (χ0n) is 16.4. The number of nitrogens with one attached hydrogen (secondary N) is 2. The molecule has 0 aliphatic carbocycles. The number of rotatable bonds is 5. The van der Waals surface area contributed by atoms with E-state index in [1.54, 1.807) is 6.92 Å². The van der Waals surface area contributed by atoms with Gasteiger partial charge in [0.25, 0.3) is 5.91 Å². The molecule has 2 rings (SSSR count). The Hall–Kier alpha value is -3.23. The number of amides is 4. The second-order valence-corrected chi connectivity index (χ2v) is 6.44. The first kappa shape index (κ1) is 21.1. The van der Waals surface area contributed by atoms with Crippen LogP contribution in [-0.2, 0) is 19.1 Å². The van der Waals surface area contributed by atoms with Crippen LogP contribution in [-0.4, -0.2) is 42.2 Å². The van der Waals surface area contributed by atoms with Crippen molar-refractivity contribution in [3.05, 3.63) is 29.3 Å². The number of carbonyl (C=O) groups excluding carboxylic acids is 4. The largest absolute Gasteiger partial charge is 0.448 e. The van der Waals surface area contributed by atoms with Gasteiger partial charge in [-0.05, 0) is 44.9 Å². The molecule has 9 heteroatoms. The number of imide groups is 1. The van der Waals surface area contributed by atoms with Gasteiger partial charge in [-0.2, -0.15) is 10.1 Å². The summed E-state index contributed by atoms with van der Waals surface area (Å²) in [7, 11) is 0. The van der Waals surface area contributed by atoms with Gasteiger partial charge in [-0.3, -0.25) is 14.9 Å². The average Bonchev–Trinajstić information content (AvgIpc) is 2.64. The standard InChI is InChI=1S/C19H24N4O5/c1-5-20-19(27)21-17(25)13(4)28-18(26)14-8-9-16(24)23(22-14)15-10-11(2)6-7-12(15)3/h6-7,10,13H,5,8-9H2,1-4H3,(H2,20,21,25,27)/t13-/m1/s1. The maximum absolute atomic E-state index is 12.4. The molecule has 1 aromatic rings. The van der Waals surface area contributed by atoms with E-state index in [4.69, 9.17) is 4.74 Å². The van der Waals surface area contributed by atoms with Gasteiger partial charge in [0.2, 0.25) is 5.91 Å². The molecule has 0 bridgehead atoms. The summed E-state index contributed by atoms with van der Waals surface area (Å²) in [6.45, 7) is 7.15. The van der Waals surface area contributed by atoms with E-state index in [1.165, 1.54) is 11.9 Å². The lowest BCUT2D eigenvalue weighted by molar-refractivity contribution is -0.148. The molecule has 150 valence electrons. The molecule has 1 aliphatic rings.